The molecule has 0 aliphatic heterocycles. The molecule has 0 heterocycles. The molecule has 1 nitrogen and oxygen atoms in total. The Hall–Kier alpha value is -0.330. The summed E-state index contributed by atoms with van der Waals surface area (Å²) in [4.78, 5) is 12.1. The molecule has 1 saturated carbocycles. The second kappa shape index (κ2) is 3.36. The van der Waals surface area contributed by atoms with Crippen LogP contribution in [-0.2, 0) is 4.79 Å². The van der Waals surface area contributed by atoms with Crippen LogP contribution in [0.4, 0.5) is 0 Å². The summed E-state index contributed by atoms with van der Waals surface area (Å²) in [7, 11) is 0. The molecule has 1 heteroatoms. The smallest absolute Gasteiger partial charge is 0.139 e. The average molecular weight is 196 g/mol. The van der Waals surface area contributed by atoms with E-state index in [4.69, 9.17) is 0 Å². The maximum Gasteiger partial charge on any atom is 0.139 e. The lowest BCUT2D eigenvalue weighted by molar-refractivity contribution is -0.125. The fraction of sp³-hybridized carbons (Fsp3) is 0.923. The van der Waals surface area contributed by atoms with Crippen molar-refractivity contribution in [1.29, 1.82) is 0 Å². The molecule has 0 saturated heterocycles. The van der Waals surface area contributed by atoms with E-state index in [1.807, 2.05) is 0 Å². The summed E-state index contributed by atoms with van der Waals surface area (Å²) in [6, 6.07) is 0. The van der Waals surface area contributed by atoms with E-state index in [0.29, 0.717) is 5.78 Å². The van der Waals surface area contributed by atoms with Gasteiger partial charge in [-0.3, -0.25) is 4.79 Å². The van der Waals surface area contributed by atoms with E-state index in [1.165, 1.54) is 0 Å². The van der Waals surface area contributed by atoms with Crippen LogP contribution in [0, 0.1) is 22.7 Å². The van der Waals surface area contributed by atoms with Crippen molar-refractivity contribution in [3.63, 3.8) is 0 Å². The van der Waals surface area contributed by atoms with Gasteiger partial charge in [-0.15, -0.1) is 0 Å². The summed E-state index contributed by atoms with van der Waals surface area (Å²) in [5.74, 6) is 1.03. The molecule has 1 aliphatic rings. The zero-order chi connectivity index (χ0) is 11.1. The Morgan fingerprint density at radius 1 is 1.21 bits per heavy atom. The van der Waals surface area contributed by atoms with Gasteiger partial charge in [0, 0.05) is 11.8 Å². The second-order valence-electron chi connectivity index (χ2n) is 5.97. The van der Waals surface area contributed by atoms with E-state index in [9.17, 15) is 4.79 Å². The number of ketones is 1. The number of hydrogen-bond acceptors (Lipinski definition) is 1. The van der Waals surface area contributed by atoms with Gasteiger partial charge in [0.25, 0.3) is 0 Å². The molecule has 0 bridgehead atoms. The van der Waals surface area contributed by atoms with E-state index in [0.717, 1.165) is 12.8 Å². The molecule has 1 atom stereocenters. The van der Waals surface area contributed by atoms with Crippen LogP contribution >= 0.6 is 0 Å². The van der Waals surface area contributed by atoms with Crippen LogP contribution in [0.15, 0.2) is 0 Å². The fourth-order valence-electron chi connectivity index (χ4n) is 2.77. The number of rotatable bonds is 4. The SMILES string of the molecule is CCCC(C)C(=O)C1C(C)(C)C1(C)C. The lowest BCUT2D eigenvalue weighted by atomic mass is 9.94. The van der Waals surface area contributed by atoms with Crippen molar-refractivity contribution in [1.82, 2.24) is 0 Å². The Morgan fingerprint density at radius 2 is 1.64 bits per heavy atom. The molecule has 0 aromatic carbocycles. The Bertz CT molecular complexity index is 224. The maximum absolute atomic E-state index is 12.1. The summed E-state index contributed by atoms with van der Waals surface area (Å²) < 4.78 is 0. The highest BCUT2D eigenvalue weighted by Crippen LogP contribution is 2.69. The van der Waals surface area contributed by atoms with E-state index in [2.05, 4.69) is 41.5 Å². The Balaban J connectivity index is 2.66. The molecule has 1 aliphatic carbocycles. The van der Waals surface area contributed by atoms with Crippen LogP contribution in [0.5, 0.6) is 0 Å². The minimum atomic E-state index is 0.214. The van der Waals surface area contributed by atoms with Crippen molar-refractivity contribution in [2.45, 2.75) is 54.4 Å². The zero-order valence-corrected chi connectivity index (χ0v) is 10.5. The van der Waals surface area contributed by atoms with Crippen molar-refractivity contribution in [2.24, 2.45) is 22.7 Å². The van der Waals surface area contributed by atoms with Crippen molar-refractivity contribution >= 4 is 5.78 Å². The highest BCUT2D eigenvalue weighted by molar-refractivity contribution is 5.88. The summed E-state index contributed by atoms with van der Waals surface area (Å²) in [5, 5.41) is 0. The van der Waals surface area contributed by atoms with Crippen LogP contribution in [0.3, 0.4) is 0 Å². The van der Waals surface area contributed by atoms with Gasteiger partial charge in [0.1, 0.15) is 5.78 Å². The van der Waals surface area contributed by atoms with Crippen molar-refractivity contribution in [3.8, 4) is 0 Å². The van der Waals surface area contributed by atoms with Crippen LogP contribution in [0.2, 0.25) is 0 Å². The van der Waals surface area contributed by atoms with Crippen LogP contribution in [-0.4, -0.2) is 5.78 Å². The molecule has 1 rings (SSSR count). The van der Waals surface area contributed by atoms with Crippen molar-refractivity contribution in [3.05, 3.63) is 0 Å². The lowest BCUT2D eigenvalue weighted by Gasteiger charge is -2.09. The predicted octanol–water partition coefficient (Wildman–Crippen LogP) is 3.67. The molecular formula is C13H24O. The van der Waals surface area contributed by atoms with Gasteiger partial charge in [-0.25, -0.2) is 0 Å². The van der Waals surface area contributed by atoms with E-state index in [-0.39, 0.29) is 22.7 Å². The predicted molar refractivity (Wildman–Crippen MR) is 60.1 cm³/mol. The zero-order valence-electron chi connectivity index (χ0n) is 10.5. The van der Waals surface area contributed by atoms with E-state index < -0.39 is 0 Å². The maximum atomic E-state index is 12.1. The van der Waals surface area contributed by atoms with E-state index >= 15 is 0 Å². The van der Waals surface area contributed by atoms with Crippen molar-refractivity contribution in [2.75, 3.05) is 0 Å². The monoisotopic (exact) mass is 196 g/mol. The average Bonchev–Trinajstić information content (AvgIpc) is 2.42. The molecule has 82 valence electrons. The van der Waals surface area contributed by atoms with Gasteiger partial charge in [0.15, 0.2) is 0 Å². The number of Topliss-reactive ketones (excluding diaryl/α,β-unsaturated/α-hetero) is 1. The molecule has 1 unspecified atom stereocenters. The summed E-state index contributed by atoms with van der Waals surface area (Å²) in [6.45, 7) is 13.1. The van der Waals surface area contributed by atoms with Gasteiger partial charge in [0.05, 0.1) is 0 Å². The molecule has 0 aromatic rings. The molecule has 1 fully saturated rings. The van der Waals surface area contributed by atoms with Gasteiger partial charge in [-0.1, -0.05) is 48.0 Å². The van der Waals surface area contributed by atoms with Crippen LogP contribution in [0.25, 0.3) is 0 Å². The second-order valence-corrected chi connectivity index (χ2v) is 5.97. The molecule has 14 heavy (non-hydrogen) atoms. The first-order valence-corrected chi connectivity index (χ1v) is 5.80. The van der Waals surface area contributed by atoms with Gasteiger partial charge >= 0.3 is 0 Å². The first kappa shape index (κ1) is 11.7. The van der Waals surface area contributed by atoms with Crippen LogP contribution < -0.4 is 0 Å². The largest absolute Gasteiger partial charge is 0.299 e. The molecule has 0 radical (unpaired) electrons. The summed E-state index contributed by atoms with van der Waals surface area (Å²) >= 11 is 0. The molecule has 0 aromatic heterocycles. The number of carbonyl (C=O) groups excluding carboxylic acids is 1. The molecular weight excluding hydrogens is 172 g/mol. The summed E-state index contributed by atoms with van der Waals surface area (Å²) in [6.07, 6.45) is 2.15. The highest BCUT2D eigenvalue weighted by Gasteiger charge is 2.67. The van der Waals surface area contributed by atoms with Crippen LogP contribution in [0.1, 0.15) is 54.4 Å². The number of carbonyl (C=O) groups is 1. The Morgan fingerprint density at radius 3 is 1.93 bits per heavy atom. The van der Waals surface area contributed by atoms with Crippen molar-refractivity contribution < 1.29 is 4.79 Å². The minimum Gasteiger partial charge on any atom is -0.299 e. The van der Waals surface area contributed by atoms with Gasteiger partial charge in [-0.05, 0) is 17.3 Å². The molecule has 0 amide bonds. The third-order valence-corrected chi connectivity index (χ3v) is 4.51. The lowest BCUT2D eigenvalue weighted by Crippen LogP contribution is -2.16. The van der Waals surface area contributed by atoms with Gasteiger partial charge in [-0.2, -0.15) is 0 Å². The number of hydrogen-bond donors (Lipinski definition) is 0. The Kier molecular flexibility index (Phi) is 2.82. The normalized spacial score (nSPS) is 25.9. The minimum absolute atomic E-state index is 0.214. The quantitative estimate of drug-likeness (QED) is 0.670. The fourth-order valence-corrected chi connectivity index (χ4v) is 2.77. The first-order chi connectivity index (χ1) is 6.26. The van der Waals surface area contributed by atoms with Gasteiger partial charge in [0.2, 0.25) is 0 Å². The summed E-state index contributed by atoms with van der Waals surface area (Å²) in [5.41, 5.74) is 0.429. The highest BCUT2D eigenvalue weighted by atomic mass is 16.1. The molecule has 0 N–H and O–H groups in total. The Labute approximate surface area is 88.3 Å². The topological polar surface area (TPSA) is 17.1 Å². The molecule has 0 spiro atoms. The third-order valence-electron chi connectivity index (χ3n) is 4.51. The standard InChI is InChI=1S/C13H24O/c1-7-8-9(2)10(14)11-12(3,4)13(11,5)6/h9,11H,7-8H2,1-6H3. The first-order valence-electron chi connectivity index (χ1n) is 5.80. The van der Waals surface area contributed by atoms with E-state index in [1.54, 1.807) is 0 Å². The third kappa shape index (κ3) is 1.51. The van der Waals surface area contributed by atoms with Gasteiger partial charge < -0.3 is 0 Å².